The van der Waals surface area contributed by atoms with Crippen LogP contribution in [0.4, 0.5) is 0 Å². The van der Waals surface area contributed by atoms with E-state index in [1.807, 2.05) is 12.1 Å². The van der Waals surface area contributed by atoms with Gasteiger partial charge in [0.05, 0.1) is 0 Å². The summed E-state index contributed by atoms with van der Waals surface area (Å²) in [6.45, 7) is 6.85. The van der Waals surface area contributed by atoms with Crippen LogP contribution in [-0.4, -0.2) is 5.11 Å². The minimum atomic E-state index is 0.496. The van der Waals surface area contributed by atoms with Crippen LogP contribution in [0.2, 0.25) is 0 Å². The molecule has 1 aromatic rings. The van der Waals surface area contributed by atoms with E-state index in [-0.39, 0.29) is 0 Å². The fourth-order valence-electron chi connectivity index (χ4n) is 3.57. The number of hydrogen-bond acceptors (Lipinski definition) is 1. The van der Waals surface area contributed by atoms with E-state index in [4.69, 9.17) is 0 Å². The third-order valence-corrected chi connectivity index (χ3v) is 4.98. The Labute approximate surface area is 138 Å². The Morgan fingerprint density at radius 1 is 0.818 bits per heavy atom. The van der Waals surface area contributed by atoms with Crippen LogP contribution >= 0.6 is 0 Å². The van der Waals surface area contributed by atoms with E-state index in [0.29, 0.717) is 17.6 Å². The van der Waals surface area contributed by atoms with E-state index in [1.54, 1.807) is 0 Å². The van der Waals surface area contributed by atoms with E-state index < -0.39 is 0 Å². The van der Waals surface area contributed by atoms with Gasteiger partial charge in [-0.05, 0) is 36.3 Å². The molecule has 0 spiro atoms. The summed E-state index contributed by atoms with van der Waals surface area (Å²) in [5.41, 5.74) is 1.18. The molecule has 0 saturated heterocycles. The molecule has 1 nitrogen and oxygen atoms in total. The average molecular weight is 305 g/mol. The highest BCUT2D eigenvalue weighted by molar-refractivity contribution is 5.35. The molecular weight excluding hydrogens is 268 g/mol. The van der Waals surface area contributed by atoms with Crippen LogP contribution in [0, 0.1) is 5.92 Å². The Kier molecular flexibility index (Phi) is 10.0. The van der Waals surface area contributed by atoms with Crippen LogP contribution in [0.5, 0.6) is 5.75 Å². The van der Waals surface area contributed by atoms with Gasteiger partial charge in [0.1, 0.15) is 5.75 Å². The van der Waals surface area contributed by atoms with Crippen molar-refractivity contribution in [3.63, 3.8) is 0 Å². The lowest BCUT2D eigenvalue weighted by atomic mass is 9.78. The van der Waals surface area contributed by atoms with Crippen LogP contribution in [0.25, 0.3) is 0 Å². The van der Waals surface area contributed by atoms with Crippen LogP contribution in [-0.2, 0) is 0 Å². The van der Waals surface area contributed by atoms with Crippen molar-refractivity contribution >= 4 is 0 Å². The molecule has 0 fully saturated rings. The molecule has 0 saturated carbocycles. The summed E-state index contributed by atoms with van der Waals surface area (Å²) in [6, 6.07) is 8.00. The van der Waals surface area contributed by atoms with E-state index >= 15 is 0 Å². The molecule has 0 bridgehead atoms. The predicted octanol–water partition coefficient (Wildman–Crippen LogP) is 7.05. The van der Waals surface area contributed by atoms with Crippen molar-refractivity contribution in [2.24, 2.45) is 5.92 Å². The van der Waals surface area contributed by atoms with E-state index in [0.717, 1.165) is 0 Å². The lowest BCUT2D eigenvalue weighted by Crippen LogP contribution is -2.13. The highest BCUT2D eigenvalue weighted by Gasteiger charge is 2.23. The minimum Gasteiger partial charge on any atom is -0.508 e. The third kappa shape index (κ3) is 6.42. The number of rotatable bonds is 12. The van der Waals surface area contributed by atoms with Gasteiger partial charge in [-0.2, -0.15) is 0 Å². The molecule has 0 radical (unpaired) electrons. The minimum absolute atomic E-state index is 0.496. The first-order chi connectivity index (χ1) is 10.7. The van der Waals surface area contributed by atoms with Crippen LogP contribution in [0.1, 0.15) is 96.5 Å². The number of phenolic OH excluding ortho intramolecular Hbond substituents is 1. The maximum atomic E-state index is 10.3. The van der Waals surface area contributed by atoms with E-state index in [1.165, 1.54) is 69.8 Å². The van der Waals surface area contributed by atoms with Gasteiger partial charge in [-0.15, -0.1) is 0 Å². The monoisotopic (exact) mass is 304 g/mol. The van der Waals surface area contributed by atoms with E-state index in [9.17, 15) is 5.11 Å². The maximum absolute atomic E-state index is 10.3. The molecule has 22 heavy (non-hydrogen) atoms. The van der Waals surface area contributed by atoms with Gasteiger partial charge in [-0.3, -0.25) is 0 Å². The first-order valence-electron chi connectivity index (χ1n) is 9.52. The van der Waals surface area contributed by atoms with Gasteiger partial charge < -0.3 is 5.11 Å². The van der Waals surface area contributed by atoms with Crippen molar-refractivity contribution in [1.82, 2.24) is 0 Å². The highest BCUT2D eigenvalue weighted by Crippen LogP contribution is 2.39. The van der Waals surface area contributed by atoms with E-state index in [2.05, 4.69) is 32.9 Å². The van der Waals surface area contributed by atoms with Gasteiger partial charge in [-0.25, -0.2) is 0 Å². The van der Waals surface area contributed by atoms with Gasteiger partial charge in [0.2, 0.25) is 0 Å². The van der Waals surface area contributed by atoms with Crippen LogP contribution in [0.3, 0.4) is 0 Å². The summed E-state index contributed by atoms with van der Waals surface area (Å²) in [5.74, 6) is 1.73. The number of aromatic hydroxyl groups is 1. The number of unbranched alkanes of at least 4 members (excludes halogenated alkanes) is 5. The number of hydrogen-bond donors (Lipinski definition) is 1. The summed E-state index contributed by atoms with van der Waals surface area (Å²) < 4.78 is 0. The van der Waals surface area contributed by atoms with Gasteiger partial charge in [0, 0.05) is 0 Å². The normalized spacial score (nSPS) is 14.0. The van der Waals surface area contributed by atoms with Crippen molar-refractivity contribution in [2.45, 2.75) is 90.9 Å². The van der Waals surface area contributed by atoms with Crippen molar-refractivity contribution in [3.05, 3.63) is 29.8 Å². The van der Waals surface area contributed by atoms with Gasteiger partial charge in [-0.1, -0.05) is 90.3 Å². The Bertz CT molecular complexity index is 385. The number of para-hydroxylation sites is 1. The second-order valence-corrected chi connectivity index (χ2v) is 6.68. The maximum Gasteiger partial charge on any atom is 0.119 e. The first kappa shape index (κ1) is 19.1. The first-order valence-corrected chi connectivity index (χ1v) is 9.52. The Balaban J connectivity index is 2.73. The van der Waals surface area contributed by atoms with Crippen molar-refractivity contribution in [2.75, 3.05) is 0 Å². The smallest absolute Gasteiger partial charge is 0.119 e. The van der Waals surface area contributed by atoms with Crippen molar-refractivity contribution in [3.8, 4) is 5.75 Å². The Hall–Kier alpha value is -0.980. The van der Waals surface area contributed by atoms with Gasteiger partial charge in [0.25, 0.3) is 0 Å². The summed E-state index contributed by atoms with van der Waals surface area (Å²) in [4.78, 5) is 0. The second kappa shape index (κ2) is 11.6. The molecule has 0 aliphatic carbocycles. The second-order valence-electron chi connectivity index (χ2n) is 6.68. The summed E-state index contributed by atoms with van der Waals surface area (Å²) in [7, 11) is 0. The zero-order valence-corrected chi connectivity index (χ0v) is 15.0. The SMILES string of the molecule is CCCCCCCC(c1ccccc1O)C(CC)CCCC. The molecule has 1 N–H and O–H groups in total. The molecular formula is C21H36O. The fourth-order valence-corrected chi connectivity index (χ4v) is 3.57. The zero-order chi connectivity index (χ0) is 16.2. The quantitative estimate of drug-likeness (QED) is 0.410. The number of phenols is 1. The third-order valence-electron chi connectivity index (χ3n) is 4.98. The molecule has 0 aliphatic heterocycles. The molecule has 0 amide bonds. The molecule has 2 atom stereocenters. The lowest BCUT2D eigenvalue weighted by molar-refractivity contribution is 0.337. The van der Waals surface area contributed by atoms with Crippen LogP contribution in [0.15, 0.2) is 24.3 Å². The molecule has 1 rings (SSSR count). The van der Waals surface area contributed by atoms with Gasteiger partial charge >= 0.3 is 0 Å². The topological polar surface area (TPSA) is 20.2 Å². The molecule has 0 aliphatic rings. The average Bonchev–Trinajstić information content (AvgIpc) is 2.54. The fraction of sp³-hybridized carbons (Fsp3) is 0.714. The molecule has 0 aromatic heterocycles. The van der Waals surface area contributed by atoms with Crippen molar-refractivity contribution in [1.29, 1.82) is 0 Å². The molecule has 126 valence electrons. The standard InChI is InChI=1S/C21H36O/c1-4-7-9-10-11-15-19(18(6-3)14-8-5-2)20-16-12-13-17-21(20)22/h12-13,16-19,22H,4-11,14-15H2,1-3H3. The lowest BCUT2D eigenvalue weighted by Gasteiger charge is -2.27. The molecule has 1 heteroatoms. The molecule has 1 aromatic carbocycles. The van der Waals surface area contributed by atoms with Crippen molar-refractivity contribution < 1.29 is 5.11 Å². The largest absolute Gasteiger partial charge is 0.508 e. The molecule has 0 heterocycles. The summed E-state index contributed by atoms with van der Waals surface area (Å²) in [5, 5.41) is 10.3. The summed E-state index contributed by atoms with van der Waals surface area (Å²) in [6.07, 6.45) is 12.9. The number of benzene rings is 1. The molecule has 2 unspecified atom stereocenters. The zero-order valence-electron chi connectivity index (χ0n) is 15.0. The highest BCUT2D eigenvalue weighted by atomic mass is 16.3. The van der Waals surface area contributed by atoms with Gasteiger partial charge in [0.15, 0.2) is 0 Å². The Morgan fingerprint density at radius 3 is 2.14 bits per heavy atom. The summed E-state index contributed by atoms with van der Waals surface area (Å²) >= 11 is 0. The Morgan fingerprint density at radius 2 is 1.50 bits per heavy atom. The predicted molar refractivity (Wildman–Crippen MR) is 97.5 cm³/mol. The van der Waals surface area contributed by atoms with Crippen LogP contribution < -0.4 is 0 Å².